The standard InChI is InChI=1S/C14H14FN3O3/c1-8-3-4-10(11(15)5-8)13(19)17-12(14(20)21)9-6-16-18(2)7-9/h3-7,12H,1-2H3,(H,17,19)(H,20,21). The van der Waals surface area contributed by atoms with Gasteiger partial charge in [-0.2, -0.15) is 5.10 Å². The van der Waals surface area contributed by atoms with Gasteiger partial charge >= 0.3 is 5.97 Å². The average molecular weight is 291 g/mol. The number of halogens is 1. The smallest absolute Gasteiger partial charge is 0.331 e. The van der Waals surface area contributed by atoms with Crippen molar-refractivity contribution in [2.24, 2.45) is 7.05 Å². The number of amides is 1. The van der Waals surface area contributed by atoms with Crippen LogP contribution in [0.25, 0.3) is 0 Å². The lowest BCUT2D eigenvalue weighted by Crippen LogP contribution is -2.34. The highest BCUT2D eigenvalue weighted by atomic mass is 19.1. The van der Waals surface area contributed by atoms with Crippen LogP contribution in [0.4, 0.5) is 4.39 Å². The van der Waals surface area contributed by atoms with E-state index in [1.807, 2.05) is 0 Å². The molecular formula is C14H14FN3O3. The molecule has 0 saturated heterocycles. The van der Waals surface area contributed by atoms with Crippen LogP contribution in [-0.2, 0) is 11.8 Å². The van der Waals surface area contributed by atoms with Crippen LogP contribution in [0.3, 0.4) is 0 Å². The Hall–Kier alpha value is -2.70. The van der Waals surface area contributed by atoms with Gasteiger partial charge < -0.3 is 10.4 Å². The van der Waals surface area contributed by atoms with E-state index in [1.54, 1.807) is 20.0 Å². The van der Waals surface area contributed by atoms with Crippen molar-refractivity contribution < 1.29 is 19.1 Å². The van der Waals surface area contributed by atoms with Gasteiger partial charge in [-0.25, -0.2) is 9.18 Å². The van der Waals surface area contributed by atoms with E-state index in [0.29, 0.717) is 11.1 Å². The summed E-state index contributed by atoms with van der Waals surface area (Å²) in [5, 5.41) is 15.3. The summed E-state index contributed by atoms with van der Waals surface area (Å²) in [7, 11) is 1.63. The molecule has 0 bridgehead atoms. The number of carbonyl (C=O) groups is 2. The van der Waals surface area contributed by atoms with Gasteiger partial charge in [0.25, 0.3) is 5.91 Å². The maximum Gasteiger partial charge on any atom is 0.331 e. The van der Waals surface area contributed by atoms with Crippen molar-refractivity contribution in [1.29, 1.82) is 0 Å². The molecule has 0 aliphatic carbocycles. The number of hydrogen-bond acceptors (Lipinski definition) is 3. The zero-order valence-corrected chi connectivity index (χ0v) is 11.5. The highest BCUT2D eigenvalue weighted by Crippen LogP contribution is 2.15. The monoisotopic (exact) mass is 291 g/mol. The molecule has 21 heavy (non-hydrogen) atoms. The lowest BCUT2D eigenvalue weighted by atomic mass is 10.1. The number of aryl methyl sites for hydroxylation is 2. The highest BCUT2D eigenvalue weighted by Gasteiger charge is 2.25. The van der Waals surface area contributed by atoms with Crippen molar-refractivity contribution in [1.82, 2.24) is 15.1 Å². The van der Waals surface area contributed by atoms with Gasteiger partial charge in [-0.15, -0.1) is 0 Å². The van der Waals surface area contributed by atoms with E-state index < -0.39 is 23.7 Å². The topological polar surface area (TPSA) is 84.2 Å². The minimum Gasteiger partial charge on any atom is -0.479 e. The zero-order valence-electron chi connectivity index (χ0n) is 11.5. The second-order valence-electron chi connectivity index (χ2n) is 4.68. The van der Waals surface area contributed by atoms with Gasteiger partial charge in [0.2, 0.25) is 0 Å². The summed E-state index contributed by atoms with van der Waals surface area (Å²) in [4.78, 5) is 23.3. The molecule has 0 aliphatic rings. The maximum atomic E-state index is 13.7. The Morgan fingerprint density at radius 2 is 2.14 bits per heavy atom. The fraction of sp³-hybridized carbons (Fsp3) is 0.214. The molecule has 0 fully saturated rings. The Labute approximate surface area is 120 Å². The molecule has 0 aliphatic heterocycles. The van der Waals surface area contributed by atoms with E-state index in [4.69, 9.17) is 0 Å². The molecule has 1 heterocycles. The maximum absolute atomic E-state index is 13.7. The molecule has 1 atom stereocenters. The summed E-state index contributed by atoms with van der Waals surface area (Å²) in [5.41, 5.74) is 0.785. The summed E-state index contributed by atoms with van der Waals surface area (Å²) in [6.07, 6.45) is 2.81. The molecule has 7 heteroatoms. The number of carboxylic acids is 1. The van der Waals surface area contributed by atoms with Crippen LogP contribution in [0.1, 0.15) is 27.5 Å². The summed E-state index contributed by atoms with van der Waals surface area (Å²) < 4.78 is 15.2. The normalized spacial score (nSPS) is 12.0. The van der Waals surface area contributed by atoms with Crippen LogP contribution in [0, 0.1) is 12.7 Å². The first-order valence-corrected chi connectivity index (χ1v) is 6.17. The number of benzene rings is 1. The van der Waals surface area contributed by atoms with Gasteiger partial charge in [-0.05, 0) is 24.6 Å². The third-order valence-corrected chi connectivity index (χ3v) is 2.95. The van der Waals surface area contributed by atoms with Crippen molar-refractivity contribution in [2.75, 3.05) is 0 Å². The lowest BCUT2D eigenvalue weighted by Gasteiger charge is -2.13. The first-order chi connectivity index (χ1) is 9.88. The summed E-state index contributed by atoms with van der Waals surface area (Å²) in [5.74, 6) is -2.73. The molecule has 110 valence electrons. The Balaban J connectivity index is 2.25. The number of carboxylic acid groups (broad SMARTS) is 1. The Morgan fingerprint density at radius 3 is 2.67 bits per heavy atom. The van der Waals surface area contributed by atoms with E-state index in [9.17, 15) is 19.1 Å². The van der Waals surface area contributed by atoms with E-state index >= 15 is 0 Å². The predicted molar refractivity (Wildman–Crippen MR) is 72.2 cm³/mol. The number of aromatic nitrogens is 2. The second-order valence-corrected chi connectivity index (χ2v) is 4.68. The number of nitrogens with zero attached hydrogens (tertiary/aromatic N) is 2. The molecule has 1 aromatic heterocycles. The molecule has 0 spiro atoms. The first kappa shape index (κ1) is 14.7. The minimum atomic E-state index is -1.29. The SMILES string of the molecule is Cc1ccc(C(=O)NC(C(=O)O)c2cnn(C)c2)c(F)c1. The molecular weight excluding hydrogens is 277 g/mol. The van der Waals surface area contributed by atoms with Gasteiger partial charge in [0, 0.05) is 18.8 Å². The van der Waals surface area contributed by atoms with Crippen LogP contribution >= 0.6 is 0 Å². The molecule has 2 rings (SSSR count). The molecule has 0 radical (unpaired) electrons. The molecule has 2 aromatic rings. The lowest BCUT2D eigenvalue weighted by molar-refractivity contribution is -0.139. The van der Waals surface area contributed by atoms with Crippen LogP contribution in [-0.4, -0.2) is 26.8 Å². The van der Waals surface area contributed by atoms with Crippen LogP contribution in [0.15, 0.2) is 30.6 Å². The fourth-order valence-electron chi connectivity index (χ4n) is 1.89. The van der Waals surface area contributed by atoms with Crippen molar-refractivity contribution >= 4 is 11.9 Å². The van der Waals surface area contributed by atoms with E-state index in [2.05, 4.69) is 10.4 Å². The molecule has 1 unspecified atom stereocenters. The number of aliphatic carboxylic acids is 1. The first-order valence-electron chi connectivity index (χ1n) is 6.17. The quantitative estimate of drug-likeness (QED) is 0.892. The zero-order chi connectivity index (χ0) is 15.6. The van der Waals surface area contributed by atoms with Gasteiger partial charge in [0.15, 0.2) is 6.04 Å². The predicted octanol–water partition coefficient (Wildman–Crippen LogP) is 1.42. The summed E-state index contributed by atoms with van der Waals surface area (Å²) in [6, 6.07) is 2.83. The second kappa shape index (κ2) is 5.74. The molecule has 6 nitrogen and oxygen atoms in total. The van der Waals surface area contributed by atoms with Gasteiger partial charge in [-0.3, -0.25) is 9.48 Å². The van der Waals surface area contributed by atoms with Crippen LogP contribution < -0.4 is 5.32 Å². The Kier molecular flexibility index (Phi) is 4.02. The van der Waals surface area contributed by atoms with Gasteiger partial charge in [-0.1, -0.05) is 6.07 Å². The number of nitrogens with one attached hydrogen (secondary N) is 1. The van der Waals surface area contributed by atoms with Crippen molar-refractivity contribution in [2.45, 2.75) is 13.0 Å². The van der Waals surface area contributed by atoms with E-state index in [0.717, 1.165) is 0 Å². The number of rotatable bonds is 4. The third kappa shape index (κ3) is 3.25. The fourth-order valence-corrected chi connectivity index (χ4v) is 1.89. The molecule has 1 amide bonds. The van der Waals surface area contributed by atoms with Crippen LogP contribution in [0.2, 0.25) is 0 Å². The Bertz CT molecular complexity index is 697. The number of carbonyl (C=O) groups excluding carboxylic acids is 1. The highest BCUT2D eigenvalue weighted by molar-refractivity contribution is 5.97. The molecule has 1 aromatic carbocycles. The van der Waals surface area contributed by atoms with Crippen molar-refractivity contribution in [3.63, 3.8) is 0 Å². The van der Waals surface area contributed by atoms with Gasteiger partial charge in [0.05, 0.1) is 11.8 Å². The van der Waals surface area contributed by atoms with Crippen LogP contribution in [0.5, 0.6) is 0 Å². The van der Waals surface area contributed by atoms with Gasteiger partial charge in [0.1, 0.15) is 5.82 Å². The molecule has 2 N–H and O–H groups in total. The average Bonchev–Trinajstić information content (AvgIpc) is 2.81. The van der Waals surface area contributed by atoms with Crippen molar-refractivity contribution in [3.8, 4) is 0 Å². The molecule has 0 saturated carbocycles. The summed E-state index contributed by atoms with van der Waals surface area (Å²) >= 11 is 0. The Morgan fingerprint density at radius 1 is 1.43 bits per heavy atom. The summed E-state index contributed by atoms with van der Waals surface area (Å²) in [6.45, 7) is 1.69. The number of hydrogen-bond donors (Lipinski definition) is 2. The minimum absolute atomic E-state index is 0.198. The van der Waals surface area contributed by atoms with Crippen molar-refractivity contribution in [3.05, 3.63) is 53.1 Å². The van der Waals surface area contributed by atoms with E-state index in [1.165, 1.54) is 29.2 Å². The van der Waals surface area contributed by atoms with E-state index in [-0.39, 0.29) is 5.56 Å². The third-order valence-electron chi connectivity index (χ3n) is 2.95. The largest absolute Gasteiger partial charge is 0.479 e.